The first-order valence-electron chi connectivity index (χ1n) is 2.58. The molecular weight excluding hydrogens is 140 g/mol. The van der Waals surface area contributed by atoms with Crippen LogP contribution >= 0.6 is 0 Å². The Kier molecular flexibility index (Phi) is 1.56. The average Bonchev–Trinajstić information content (AvgIpc) is 2.10. The predicted octanol–water partition coefficient (Wildman–Crippen LogP) is -2.19. The summed E-state index contributed by atoms with van der Waals surface area (Å²) >= 11 is 0. The highest BCUT2D eigenvalue weighted by Gasteiger charge is 2.30. The molecule has 0 aromatic rings. The lowest BCUT2D eigenvalue weighted by Gasteiger charge is -2.13. The second kappa shape index (κ2) is 2.24. The first kappa shape index (κ1) is 6.97. The summed E-state index contributed by atoms with van der Waals surface area (Å²) in [6.45, 7) is -0.295. The van der Waals surface area contributed by atoms with E-state index >= 15 is 0 Å². The van der Waals surface area contributed by atoms with Gasteiger partial charge in [0.25, 0.3) is 0 Å². The molecular formula is C4H6N2O4. The van der Waals surface area contributed by atoms with Gasteiger partial charge in [0.15, 0.2) is 0 Å². The van der Waals surface area contributed by atoms with Gasteiger partial charge in [-0.25, -0.2) is 4.79 Å². The minimum atomic E-state index is -1.90. The van der Waals surface area contributed by atoms with Crippen LogP contribution in [-0.2, 0) is 4.79 Å². The number of urea groups is 1. The molecule has 56 valence electrons. The number of carbonyl (C=O) groups is 2. The van der Waals surface area contributed by atoms with Gasteiger partial charge in [-0.3, -0.25) is 15.0 Å². The molecule has 0 aromatic heterocycles. The molecule has 10 heavy (non-hydrogen) atoms. The van der Waals surface area contributed by atoms with Crippen LogP contribution in [0, 0.1) is 0 Å². The van der Waals surface area contributed by atoms with Crippen molar-refractivity contribution in [1.82, 2.24) is 10.2 Å². The number of aliphatic hydroxyl groups excluding tert-OH is 1. The lowest BCUT2D eigenvalue weighted by Crippen LogP contribution is -2.37. The maximum absolute atomic E-state index is 10.5. The quantitative estimate of drug-likeness (QED) is 0.289. The minimum absolute atomic E-state index is 0.295. The Bertz CT molecular complexity index is 178. The predicted molar refractivity (Wildman–Crippen MR) is 28.5 cm³/mol. The molecule has 0 spiro atoms. The van der Waals surface area contributed by atoms with Crippen LogP contribution in [0.2, 0.25) is 0 Å². The monoisotopic (exact) mass is 146 g/mol. The van der Waals surface area contributed by atoms with E-state index in [1.807, 2.05) is 5.32 Å². The number of aliphatic hydroxyl groups is 2. The van der Waals surface area contributed by atoms with E-state index in [2.05, 4.69) is 0 Å². The van der Waals surface area contributed by atoms with Gasteiger partial charge in [-0.15, -0.1) is 0 Å². The van der Waals surface area contributed by atoms with E-state index < -0.39 is 18.4 Å². The highest BCUT2D eigenvalue weighted by molar-refractivity contribution is 6.01. The third kappa shape index (κ3) is 1.07. The van der Waals surface area contributed by atoms with E-state index in [-0.39, 0.29) is 6.54 Å². The number of hydrogen-bond acceptors (Lipinski definition) is 4. The largest absolute Gasteiger partial charge is 0.351 e. The molecule has 0 aromatic carbocycles. The van der Waals surface area contributed by atoms with E-state index in [1.165, 1.54) is 0 Å². The van der Waals surface area contributed by atoms with Gasteiger partial charge in [0.2, 0.25) is 12.3 Å². The van der Waals surface area contributed by atoms with Gasteiger partial charge in [-0.05, 0) is 0 Å². The summed E-state index contributed by atoms with van der Waals surface area (Å²) in [5.74, 6) is -0.530. The molecule has 1 aliphatic heterocycles. The molecule has 0 bridgehead atoms. The fraction of sp³-hybridized carbons (Fsp3) is 0.500. The van der Waals surface area contributed by atoms with Crippen LogP contribution in [0.4, 0.5) is 4.79 Å². The van der Waals surface area contributed by atoms with Crippen LogP contribution in [0.1, 0.15) is 0 Å². The Labute approximate surface area is 56.0 Å². The summed E-state index contributed by atoms with van der Waals surface area (Å²) < 4.78 is 0. The van der Waals surface area contributed by atoms with Crippen molar-refractivity contribution >= 4 is 11.9 Å². The van der Waals surface area contributed by atoms with Crippen LogP contribution in [0.3, 0.4) is 0 Å². The lowest BCUT2D eigenvalue weighted by atomic mass is 10.6. The first-order chi connectivity index (χ1) is 4.61. The van der Waals surface area contributed by atoms with Crippen LogP contribution in [0.5, 0.6) is 0 Å². The molecule has 6 nitrogen and oxygen atoms in total. The third-order valence-corrected chi connectivity index (χ3v) is 1.10. The van der Waals surface area contributed by atoms with Crippen molar-refractivity contribution in [2.75, 3.05) is 6.54 Å². The van der Waals surface area contributed by atoms with Crippen LogP contribution in [-0.4, -0.2) is 40.0 Å². The fourth-order valence-electron chi connectivity index (χ4n) is 0.644. The summed E-state index contributed by atoms with van der Waals surface area (Å²) in [6, 6.07) is -0.778. The van der Waals surface area contributed by atoms with Gasteiger partial charge in [0, 0.05) is 0 Å². The molecule has 0 saturated carbocycles. The van der Waals surface area contributed by atoms with Crippen molar-refractivity contribution in [2.45, 2.75) is 6.41 Å². The number of nitrogens with one attached hydrogen (secondary N) is 1. The summed E-state index contributed by atoms with van der Waals surface area (Å²) in [4.78, 5) is 21.5. The summed E-state index contributed by atoms with van der Waals surface area (Å²) in [6.07, 6.45) is -1.90. The number of hydrogen-bond donors (Lipinski definition) is 3. The Morgan fingerprint density at radius 3 is 2.30 bits per heavy atom. The van der Waals surface area contributed by atoms with Gasteiger partial charge < -0.3 is 10.2 Å². The third-order valence-electron chi connectivity index (χ3n) is 1.10. The molecule has 1 rings (SSSR count). The molecule has 0 aliphatic carbocycles. The normalized spacial score (nSPS) is 18.5. The highest BCUT2D eigenvalue weighted by atomic mass is 16.5. The van der Waals surface area contributed by atoms with Gasteiger partial charge in [0.05, 0.1) is 0 Å². The van der Waals surface area contributed by atoms with E-state index in [9.17, 15) is 9.59 Å². The highest BCUT2D eigenvalue weighted by Crippen LogP contribution is 1.99. The lowest BCUT2D eigenvalue weighted by molar-refractivity contribution is -0.136. The first-order valence-corrected chi connectivity index (χ1v) is 2.58. The molecule has 1 heterocycles. The van der Waals surface area contributed by atoms with Gasteiger partial charge in [-0.1, -0.05) is 0 Å². The van der Waals surface area contributed by atoms with Gasteiger partial charge >= 0.3 is 6.03 Å². The Morgan fingerprint density at radius 2 is 2.10 bits per heavy atom. The molecule has 0 atom stereocenters. The maximum atomic E-state index is 10.5. The molecule has 0 unspecified atom stereocenters. The van der Waals surface area contributed by atoms with Crippen LogP contribution < -0.4 is 5.32 Å². The topological polar surface area (TPSA) is 89.9 Å². The van der Waals surface area contributed by atoms with Crippen LogP contribution in [0.15, 0.2) is 0 Å². The SMILES string of the molecule is O=C1CN(C(O)O)C(=O)N1. The summed E-state index contributed by atoms with van der Waals surface area (Å²) in [7, 11) is 0. The van der Waals surface area contributed by atoms with Gasteiger partial charge in [0.1, 0.15) is 6.54 Å². The minimum Gasteiger partial charge on any atom is -0.351 e. The zero-order valence-corrected chi connectivity index (χ0v) is 4.94. The van der Waals surface area contributed by atoms with Crippen molar-refractivity contribution < 1.29 is 19.8 Å². The Morgan fingerprint density at radius 1 is 1.50 bits per heavy atom. The average molecular weight is 146 g/mol. The van der Waals surface area contributed by atoms with Crippen molar-refractivity contribution in [3.05, 3.63) is 0 Å². The zero-order chi connectivity index (χ0) is 7.72. The molecule has 1 saturated heterocycles. The second-order valence-corrected chi connectivity index (χ2v) is 1.83. The number of amides is 3. The van der Waals surface area contributed by atoms with Crippen molar-refractivity contribution in [3.8, 4) is 0 Å². The van der Waals surface area contributed by atoms with E-state index in [1.54, 1.807) is 0 Å². The second-order valence-electron chi connectivity index (χ2n) is 1.83. The molecule has 1 fully saturated rings. The van der Waals surface area contributed by atoms with Crippen LogP contribution in [0.25, 0.3) is 0 Å². The number of rotatable bonds is 1. The molecule has 0 radical (unpaired) electrons. The number of imide groups is 1. The van der Waals surface area contributed by atoms with Crippen molar-refractivity contribution in [3.63, 3.8) is 0 Å². The molecule has 6 heteroatoms. The number of carbonyl (C=O) groups excluding carboxylic acids is 2. The molecule has 3 amide bonds. The van der Waals surface area contributed by atoms with Gasteiger partial charge in [-0.2, -0.15) is 0 Å². The molecule has 3 N–H and O–H groups in total. The van der Waals surface area contributed by atoms with Crippen molar-refractivity contribution in [1.29, 1.82) is 0 Å². The smallest absolute Gasteiger partial charge is 0.328 e. The Hall–Kier alpha value is -1.14. The maximum Gasteiger partial charge on any atom is 0.328 e. The van der Waals surface area contributed by atoms with E-state index in [0.717, 1.165) is 0 Å². The summed E-state index contributed by atoms with van der Waals surface area (Å²) in [5, 5.41) is 18.7. The Balaban J connectivity index is 2.63. The standard InChI is InChI=1S/C4H6N2O4/c7-2-1-6(4(9)10)3(8)5-2/h4,9-10H,1H2,(H,5,7,8). The van der Waals surface area contributed by atoms with E-state index in [0.29, 0.717) is 4.90 Å². The van der Waals surface area contributed by atoms with E-state index in [4.69, 9.17) is 10.2 Å². The van der Waals surface area contributed by atoms with Crippen molar-refractivity contribution in [2.24, 2.45) is 0 Å². The molecule has 1 aliphatic rings. The fourth-order valence-corrected chi connectivity index (χ4v) is 0.644. The summed E-state index contributed by atoms with van der Waals surface area (Å²) in [5.41, 5.74) is 0. The zero-order valence-electron chi connectivity index (χ0n) is 4.94. The number of nitrogens with zero attached hydrogens (tertiary/aromatic N) is 1.